The number of benzene rings is 1. The van der Waals surface area contributed by atoms with Gasteiger partial charge in [0, 0.05) is 0 Å². The van der Waals surface area contributed by atoms with E-state index in [2.05, 4.69) is 51.1 Å². The van der Waals surface area contributed by atoms with Gasteiger partial charge >= 0.3 is 0 Å². The Bertz CT molecular complexity index is 344. The van der Waals surface area contributed by atoms with Gasteiger partial charge in [-0.3, -0.25) is 0 Å². The van der Waals surface area contributed by atoms with Crippen LogP contribution in [-0.2, 0) is 0 Å². The molecule has 0 radical (unpaired) electrons. The van der Waals surface area contributed by atoms with Crippen LogP contribution in [0.3, 0.4) is 0 Å². The van der Waals surface area contributed by atoms with Gasteiger partial charge in [-0.15, -0.1) is 0 Å². The molecule has 0 heterocycles. The second kappa shape index (κ2) is 4.21. The van der Waals surface area contributed by atoms with Crippen molar-refractivity contribution in [2.24, 2.45) is 11.8 Å². The smallest absolute Gasteiger partial charge is 0.0702 e. The fourth-order valence-corrected chi connectivity index (χ4v) is 2.91. The maximum absolute atomic E-state index is 10.7. The number of aliphatic hydroxyl groups is 1. The van der Waals surface area contributed by atoms with Gasteiger partial charge in [-0.2, -0.15) is 0 Å². The van der Waals surface area contributed by atoms with Gasteiger partial charge < -0.3 is 5.11 Å². The van der Waals surface area contributed by atoms with Gasteiger partial charge in [0.15, 0.2) is 0 Å². The zero-order valence-electron chi connectivity index (χ0n) is 10.5. The lowest BCUT2D eigenvalue weighted by Gasteiger charge is -2.32. The fourth-order valence-electron chi connectivity index (χ4n) is 2.91. The van der Waals surface area contributed by atoms with Crippen molar-refractivity contribution in [1.29, 1.82) is 0 Å². The quantitative estimate of drug-likeness (QED) is 0.819. The molecule has 0 saturated heterocycles. The van der Waals surface area contributed by atoms with Crippen LogP contribution in [0, 0.1) is 11.8 Å². The molecule has 1 aromatic carbocycles. The Hall–Kier alpha value is -0.820. The zero-order chi connectivity index (χ0) is 11.8. The van der Waals surface area contributed by atoms with Crippen molar-refractivity contribution in [3.05, 3.63) is 35.9 Å². The van der Waals surface area contributed by atoms with Crippen LogP contribution in [0.25, 0.3) is 0 Å². The summed E-state index contributed by atoms with van der Waals surface area (Å²) in [5.74, 6) is 1.38. The normalized spacial score (nSPS) is 27.8. The highest BCUT2D eigenvalue weighted by Gasteiger charge is 2.52. The molecule has 1 aromatic rings. The fraction of sp³-hybridized carbons (Fsp3) is 0.600. The highest BCUT2D eigenvalue weighted by Crippen LogP contribution is 2.56. The third-order valence-corrected chi connectivity index (χ3v) is 4.23. The predicted octanol–water partition coefficient (Wildman–Crippen LogP) is 3.59. The minimum atomic E-state index is -0.472. The molecule has 0 spiro atoms. The lowest BCUT2D eigenvalue weighted by atomic mass is 9.81. The highest BCUT2D eigenvalue weighted by molar-refractivity contribution is 5.27. The summed E-state index contributed by atoms with van der Waals surface area (Å²) in [5.41, 5.74) is 0.917. The van der Waals surface area contributed by atoms with Crippen LogP contribution in [0.4, 0.5) is 0 Å². The van der Waals surface area contributed by atoms with Gasteiger partial charge in [-0.1, -0.05) is 51.1 Å². The van der Waals surface area contributed by atoms with Crippen LogP contribution < -0.4 is 0 Å². The first-order valence-electron chi connectivity index (χ1n) is 6.37. The van der Waals surface area contributed by atoms with E-state index in [0.717, 1.165) is 12.8 Å². The summed E-state index contributed by atoms with van der Waals surface area (Å²) in [6.45, 7) is 6.36. The first kappa shape index (κ1) is 11.7. The van der Waals surface area contributed by atoms with E-state index in [0.29, 0.717) is 17.8 Å². The maximum Gasteiger partial charge on any atom is 0.0702 e. The van der Waals surface area contributed by atoms with Gasteiger partial charge in [0.25, 0.3) is 0 Å². The van der Waals surface area contributed by atoms with Crippen molar-refractivity contribution in [3.8, 4) is 0 Å². The summed E-state index contributed by atoms with van der Waals surface area (Å²) in [5, 5.41) is 10.7. The first-order chi connectivity index (χ1) is 7.59. The molecule has 1 aliphatic rings. The molecule has 1 heteroatoms. The van der Waals surface area contributed by atoms with Crippen molar-refractivity contribution in [2.45, 2.75) is 45.1 Å². The molecule has 0 aliphatic heterocycles. The van der Waals surface area contributed by atoms with Crippen LogP contribution in [0.5, 0.6) is 0 Å². The Morgan fingerprint density at radius 1 is 1.31 bits per heavy atom. The number of hydrogen-bond acceptors (Lipinski definition) is 1. The Morgan fingerprint density at radius 3 is 2.44 bits per heavy atom. The van der Waals surface area contributed by atoms with Crippen LogP contribution in [-0.4, -0.2) is 10.7 Å². The molecule has 1 aliphatic carbocycles. The van der Waals surface area contributed by atoms with E-state index in [-0.39, 0.29) is 0 Å². The summed E-state index contributed by atoms with van der Waals surface area (Å²) in [6, 6.07) is 10.6. The second-order valence-electron chi connectivity index (χ2n) is 5.36. The second-order valence-corrected chi connectivity index (χ2v) is 5.36. The predicted molar refractivity (Wildman–Crippen MR) is 67.4 cm³/mol. The Morgan fingerprint density at radius 2 is 1.94 bits per heavy atom. The first-order valence-corrected chi connectivity index (χ1v) is 6.37. The van der Waals surface area contributed by atoms with Gasteiger partial charge in [-0.25, -0.2) is 0 Å². The molecule has 2 rings (SSSR count). The molecule has 3 atom stereocenters. The molecule has 3 unspecified atom stereocenters. The van der Waals surface area contributed by atoms with Crippen molar-refractivity contribution < 1.29 is 5.11 Å². The van der Waals surface area contributed by atoms with E-state index in [9.17, 15) is 5.11 Å². The Kier molecular flexibility index (Phi) is 3.07. The Balaban J connectivity index is 2.11. The van der Waals surface area contributed by atoms with Gasteiger partial charge in [-0.05, 0) is 36.2 Å². The zero-order valence-corrected chi connectivity index (χ0v) is 10.5. The summed E-state index contributed by atoms with van der Waals surface area (Å²) < 4.78 is 0. The lowest BCUT2D eigenvalue weighted by Crippen LogP contribution is -2.37. The summed E-state index contributed by atoms with van der Waals surface area (Å²) in [6.07, 6.45) is 2.01. The van der Waals surface area contributed by atoms with Crippen molar-refractivity contribution in [1.82, 2.24) is 0 Å². The maximum atomic E-state index is 10.7. The van der Waals surface area contributed by atoms with E-state index in [1.54, 1.807) is 0 Å². The van der Waals surface area contributed by atoms with E-state index in [1.807, 2.05) is 0 Å². The number of rotatable bonds is 4. The minimum absolute atomic E-state index is 0.344. The molecule has 1 nitrogen and oxygen atoms in total. The molecule has 0 amide bonds. The van der Waals surface area contributed by atoms with Crippen LogP contribution in [0.1, 0.15) is 45.1 Å². The van der Waals surface area contributed by atoms with Crippen molar-refractivity contribution in [3.63, 3.8) is 0 Å². The number of hydrogen-bond donors (Lipinski definition) is 1. The standard InChI is InChI=1S/C15H22O/c1-4-15(16,11(2)3)14-10-13(14)12-8-6-5-7-9-12/h5-9,11,13-14,16H,4,10H2,1-3H3. The molecule has 88 valence electrons. The van der Waals surface area contributed by atoms with E-state index >= 15 is 0 Å². The summed E-state index contributed by atoms with van der Waals surface area (Å²) in [7, 11) is 0. The minimum Gasteiger partial charge on any atom is -0.389 e. The van der Waals surface area contributed by atoms with E-state index in [1.165, 1.54) is 5.56 Å². The third kappa shape index (κ3) is 1.89. The average Bonchev–Trinajstić information content (AvgIpc) is 3.09. The molecule has 16 heavy (non-hydrogen) atoms. The van der Waals surface area contributed by atoms with Crippen LogP contribution >= 0.6 is 0 Å². The van der Waals surface area contributed by atoms with Crippen LogP contribution in [0.15, 0.2) is 30.3 Å². The molecule has 1 fully saturated rings. The molecular formula is C15H22O. The monoisotopic (exact) mass is 218 g/mol. The van der Waals surface area contributed by atoms with Crippen molar-refractivity contribution >= 4 is 0 Å². The summed E-state index contributed by atoms with van der Waals surface area (Å²) in [4.78, 5) is 0. The van der Waals surface area contributed by atoms with Gasteiger partial charge in [0.05, 0.1) is 5.60 Å². The van der Waals surface area contributed by atoms with Gasteiger partial charge in [0.1, 0.15) is 0 Å². The SMILES string of the molecule is CCC(O)(C(C)C)C1CC1c1ccccc1. The molecule has 1 N–H and O–H groups in total. The molecule has 0 bridgehead atoms. The lowest BCUT2D eigenvalue weighted by molar-refractivity contribution is -0.0315. The molecular weight excluding hydrogens is 196 g/mol. The Labute approximate surface area is 98.5 Å². The van der Waals surface area contributed by atoms with E-state index < -0.39 is 5.60 Å². The van der Waals surface area contributed by atoms with Gasteiger partial charge in [0.2, 0.25) is 0 Å². The largest absolute Gasteiger partial charge is 0.389 e. The topological polar surface area (TPSA) is 20.2 Å². The van der Waals surface area contributed by atoms with Crippen LogP contribution in [0.2, 0.25) is 0 Å². The molecule has 1 saturated carbocycles. The third-order valence-electron chi connectivity index (χ3n) is 4.23. The van der Waals surface area contributed by atoms with Crippen molar-refractivity contribution in [2.75, 3.05) is 0 Å². The molecule has 0 aromatic heterocycles. The van der Waals surface area contributed by atoms with E-state index in [4.69, 9.17) is 0 Å². The highest BCUT2D eigenvalue weighted by atomic mass is 16.3. The summed E-state index contributed by atoms with van der Waals surface area (Å²) >= 11 is 0. The average molecular weight is 218 g/mol.